The fourth-order valence-electron chi connectivity index (χ4n) is 5.32. The molecule has 4 nitrogen and oxygen atoms in total. The second-order valence-corrected chi connectivity index (χ2v) is 13.8. The van der Waals surface area contributed by atoms with Crippen LogP contribution in [0, 0.1) is 0 Å². The largest absolute Gasteiger partial charge is 2.00 e. The Kier molecular flexibility index (Phi) is 51.1. The predicted octanol–water partition coefficient (Wildman–Crippen LogP) is 10.4. The number of hydrogen-bond acceptors (Lipinski definition) is 4. The molecule has 7 heteroatoms. The molecule has 0 saturated carbocycles. The molecule has 0 bridgehead atoms. The average molecular weight is 765 g/mol. The Balaban J connectivity index is -0.000000727. The maximum atomic E-state index is 10.2. The standard InChI is InChI=1S/2C18H35BrO2.Ca/c2*19-17-15-13-11-9-7-5-3-1-2-4-6-8-10-12-14-16-18(20)21;/h2*1-17H2,(H,20,21);/q;;+2/p-2. The number of hydrogen-bond donors (Lipinski definition) is 0. The molecule has 0 fully saturated rings. The number of halogens is 2. The van der Waals surface area contributed by atoms with Crippen molar-refractivity contribution in [2.24, 2.45) is 0 Å². The first-order valence-corrected chi connectivity index (χ1v) is 20.3. The van der Waals surface area contributed by atoms with E-state index >= 15 is 0 Å². The SMILES string of the molecule is O=C([O-])CCCCCCCCCCCCCCCCCBr.O=C([O-])CCCCCCCCCCCCCCCCCBr.[Ca+2]. The fourth-order valence-corrected chi connectivity index (χ4v) is 6.12. The van der Waals surface area contributed by atoms with Crippen LogP contribution in [0.2, 0.25) is 0 Å². The summed E-state index contributed by atoms with van der Waals surface area (Å²) in [5, 5.41) is 22.8. The van der Waals surface area contributed by atoms with E-state index in [4.69, 9.17) is 0 Å². The van der Waals surface area contributed by atoms with Gasteiger partial charge in [-0.15, -0.1) is 0 Å². The number of carbonyl (C=O) groups excluding carboxylic acids is 2. The van der Waals surface area contributed by atoms with E-state index in [1.807, 2.05) is 0 Å². The summed E-state index contributed by atoms with van der Waals surface area (Å²) < 4.78 is 0. The van der Waals surface area contributed by atoms with Crippen LogP contribution in [0.5, 0.6) is 0 Å². The van der Waals surface area contributed by atoms with Gasteiger partial charge in [-0.1, -0.05) is 199 Å². The van der Waals surface area contributed by atoms with Crippen LogP contribution in [-0.4, -0.2) is 60.3 Å². The van der Waals surface area contributed by atoms with Gasteiger partial charge in [0.1, 0.15) is 0 Å². The van der Waals surface area contributed by atoms with Crippen LogP contribution in [0.3, 0.4) is 0 Å². The first kappa shape index (κ1) is 48.6. The van der Waals surface area contributed by atoms with Crippen molar-refractivity contribution in [3.8, 4) is 0 Å². The smallest absolute Gasteiger partial charge is 0.550 e. The Labute approximate surface area is 314 Å². The van der Waals surface area contributed by atoms with Gasteiger partial charge in [0.15, 0.2) is 0 Å². The quantitative estimate of drug-likeness (QED) is 0.0371. The van der Waals surface area contributed by atoms with Gasteiger partial charge in [-0.05, 0) is 38.5 Å². The molecule has 0 rings (SSSR count). The van der Waals surface area contributed by atoms with E-state index in [9.17, 15) is 19.8 Å². The van der Waals surface area contributed by atoms with E-state index in [-0.39, 0.29) is 50.6 Å². The third-order valence-electron chi connectivity index (χ3n) is 8.03. The molecule has 0 spiro atoms. The third-order valence-corrected chi connectivity index (χ3v) is 9.15. The molecule has 0 unspecified atom stereocenters. The molecule has 0 aliphatic heterocycles. The number of alkyl halides is 2. The number of aliphatic carboxylic acids is 2. The van der Waals surface area contributed by atoms with E-state index in [0.717, 1.165) is 36.3 Å². The molecule has 0 aromatic rings. The molecule has 0 saturated heterocycles. The molecule has 0 heterocycles. The number of unbranched alkanes of at least 4 members (excludes halogenated alkanes) is 28. The zero-order valence-corrected chi connectivity index (χ0v) is 33.5. The van der Waals surface area contributed by atoms with Crippen LogP contribution in [0.4, 0.5) is 0 Å². The van der Waals surface area contributed by atoms with Crippen molar-refractivity contribution in [1.82, 2.24) is 0 Å². The van der Waals surface area contributed by atoms with E-state index in [1.54, 1.807) is 0 Å². The summed E-state index contributed by atoms with van der Waals surface area (Å²) in [4.78, 5) is 20.5. The van der Waals surface area contributed by atoms with Gasteiger partial charge in [-0.3, -0.25) is 0 Å². The number of rotatable bonds is 34. The minimum atomic E-state index is -0.905. The molecule has 0 amide bonds. The van der Waals surface area contributed by atoms with E-state index in [0.29, 0.717) is 0 Å². The van der Waals surface area contributed by atoms with Crippen molar-refractivity contribution in [2.75, 3.05) is 10.7 Å². The molecular weight excluding hydrogens is 696 g/mol. The van der Waals surface area contributed by atoms with Gasteiger partial charge in [0.25, 0.3) is 0 Å². The van der Waals surface area contributed by atoms with Crippen LogP contribution >= 0.6 is 31.9 Å². The number of carboxylic acids is 2. The molecular formula is C36H68Br2CaO4. The summed E-state index contributed by atoms with van der Waals surface area (Å²) >= 11 is 6.94. The molecule has 0 aromatic heterocycles. The van der Waals surface area contributed by atoms with Gasteiger partial charge in [0.2, 0.25) is 0 Å². The third kappa shape index (κ3) is 53.0. The van der Waals surface area contributed by atoms with Gasteiger partial charge in [0, 0.05) is 22.6 Å². The zero-order chi connectivity index (χ0) is 31.2. The monoisotopic (exact) mass is 762 g/mol. The minimum Gasteiger partial charge on any atom is -0.550 e. The van der Waals surface area contributed by atoms with E-state index in [2.05, 4.69) is 31.9 Å². The molecule has 43 heavy (non-hydrogen) atoms. The van der Waals surface area contributed by atoms with Crippen LogP contribution in [0.15, 0.2) is 0 Å². The van der Waals surface area contributed by atoms with Gasteiger partial charge in [-0.2, -0.15) is 0 Å². The molecule has 0 aliphatic rings. The van der Waals surface area contributed by atoms with E-state index in [1.165, 1.54) is 167 Å². The van der Waals surface area contributed by atoms with Crippen molar-refractivity contribution >= 4 is 81.5 Å². The van der Waals surface area contributed by atoms with E-state index < -0.39 is 11.9 Å². The molecule has 252 valence electrons. The maximum absolute atomic E-state index is 10.2. The first-order chi connectivity index (χ1) is 20.5. The molecule has 0 atom stereocenters. The van der Waals surface area contributed by atoms with Gasteiger partial charge in [-0.25, -0.2) is 0 Å². The second kappa shape index (κ2) is 45.3. The Bertz CT molecular complexity index is 491. The summed E-state index contributed by atoms with van der Waals surface area (Å²) in [7, 11) is 0. The van der Waals surface area contributed by atoms with Crippen LogP contribution in [0.1, 0.15) is 205 Å². The Hall–Kier alpha value is 1.16. The molecule has 0 N–H and O–H groups in total. The Morgan fingerprint density at radius 3 is 0.581 bits per heavy atom. The van der Waals surface area contributed by atoms with Gasteiger partial charge >= 0.3 is 37.7 Å². The van der Waals surface area contributed by atoms with Crippen molar-refractivity contribution < 1.29 is 19.8 Å². The average Bonchev–Trinajstić information content (AvgIpc) is 2.97. The molecule has 0 aromatic carbocycles. The normalized spacial score (nSPS) is 10.7. The molecule has 0 radical (unpaired) electrons. The van der Waals surface area contributed by atoms with Crippen LogP contribution < -0.4 is 10.2 Å². The molecule has 0 aliphatic carbocycles. The number of carboxylic acid groups (broad SMARTS) is 2. The first-order valence-electron chi connectivity index (χ1n) is 18.1. The topological polar surface area (TPSA) is 80.3 Å². The fraction of sp³-hybridized carbons (Fsp3) is 0.944. The summed E-state index contributed by atoms with van der Waals surface area (Å²) in [6.45, 7) is 0. The van der Waals surface area contributed by atoms with Crippen molar-refractivity contribution in [2.45, 2.75) is 205 Å². The maximum Gasteiger partial charge on any atom is 2.00 e. The van der Waals surface area contributed by atoms with Crippen LogP contribution in [0.25, 0.3) is 0 Å². The summed E-state index contributed by atoms with van der Waals surface area (Å²) in [5.74, 6) is -1.81. The number of carbonyl (C=O) groups is 2. The zero-order valence-electron chi connectivity index (χ0n) is 28.1. The second-order valence-electron chi connectivity index (χ2n) is 12.2. The summed E-state index contributed by atoms with van der Waals surface area (Å²) in [6.07, 6.45) is 39.5. The Morgan fingerprint density at radius 1 is 0.302 bits per heavy atom. The summed E-state index contributed by atoms with van der Waals surface area (Å²) in [5.41, 5.74) is 0. The Morgan fingerprint density at radius 2 is 0.442 bits per heavy atom. The predicted molar refractivity (Wildman–Crippen MR) is 191 cm³/mol. The van der Waals surface area contributed by atoms with Crippen molar-refractivity contribution in [3.05, 3.63) is 0 Å². The summed E-state index contributed by atoms with van der Waals surface area (Å²) in [6, 6.07) is 0. The van der Waals surface area contributed by atoms with Crippen molar-refractivity contribution in [1.29, 1.82) is 0 Å². The van der Waals surface area contributed by atoms with Crippen LogP contribution in [-0.2, 0) is 9.59 Å². The van der Waals surface area contributed by atoms with Gasteiger partial charge < -0.3 is 19.8 Å². The van der Waals surface area contributed by atoms with Crippen molar-refractivity contribution in [3.63, 3.8) is 0 Å². The van der Waals surface area contributed by atoms with Gasteiger partial charge in [0.05, 0.1) is 0 Å². The minimum absolute atomic E-state index is 0.